The summed E-state index contributed by atoms with van der Waals surface area (Å²) in [6.45, 7) is -0.234. The lowest BCUT2D eigenvalue weighted by molar-refractivity contribution is -0.138. The summed E-state index contributed by atoms with van der Waals surface area (Å²) in [6, 6.07) is 3.77. The zero-order valence-corrected chi connectivity index (χ0v) is 8.48. The molecule has 78 valence electrons. The topological polar surface area (TPSA) is 32.3 Å². The van der Waals surface area contributed by atoms with Crippen LogP contribution >= 0.6 is 15.9 Å². The van der Waals surface area contributed by atoms with E-state index < -0.39 is 11.7 Å². The SMILES string of the molecule is ONCc1ccc(Br)cc1C(F)(F)F. The van der Waals surface area contributed by atoms with Crippen LogP contribution in [0, 0.1) is 0 Å². The third-order valence-electron chi connectivity index (χ3n) is 1.65. The molecule has 0 atom stereocenters. The number of hydrogen-bond donors (Lipinski definition) is 2. The van der Waals surface area contributed by atoms with Gasteiger partial charge in [-0.3, -0.25) is 0 Å². The van der Waals surface area contributed by atoms with E-state index in [1.807, 2.05) is 0 Å². The van der Waals surface area contributed by atoms with E-state index in [1.165, 1.54) is 12.1 Å². The Labute approximate surface area is 86.8 Å². The van der Waals surface area contributed by atoms with Crippen molar-refractivity contribution in [3.05, 3.63) is 33.8 Å². The molecule has 2 N–H and O–H groups in total. The van der Waals surface area contributed by atoms with Crippen molar-refractivity contribution in [3.63, 3.8) is 0 Å². The zero-order chi connectivity index (χ0) is 10.8. The molecule has 1 rings (SSSR count). The molecule has 0 aliphatic rings. The van der Waals surface area contributed by atoms with E-state index in [2.05, 4.69) is 15.9 Å². The van der Waals surface area contributed by atoms with Gasteiger partial charge in [0, 0.05) is 11.0 Å². The van der Waals surface area contributed by atoms with E-state index >= 15 is 0 Å². The van der Waals surface area contributed by atoms with E-state index in [0.29, 0.717) is 4.47 Å². The highest BCUT2D eigenvalue weighted by Gasteiger charge is 2.33. The normalized spacial score (nSPS) is 11.8. The maximum absolute atomic E-state index is 12.4. The molecule has 1 aromatic carbocycles. The van der Waals surface area contributed by atoms with Gasteiger partial charge in [-0.2, -0.15) is 13.2 Å². The van der Waals surface area contributed by atoms with Crippen molar-refractivity contribution in [2.24, 2.45) is 0 Å². The minimum absolute atomic E-state index is 0.00296. The van der Waals surface area contributed by atoms with E-state index in [-0.39, 0.29) is 12.1 Å². The lowest BCUT2D eigenvalue weighted by atomic mass is 10.1. The standard InChI is InChI=1S/C8H7BrF3NO/c9-6-2-1-5(4-13-14)7(3-6)8(10,11)12/h1-3,13-14H,4H2. The maximum atomic E-state index is 12.4. The lowest BCUT2D eigenvalue weighted by Crippen LogP contribution is -2.14. The van der Waals surface area contributed by atoms with Crippen LogP contribution in [0.15, 0.2) is 22.7 Å². The molecule has 0 aliphatic carbocycles. The predicted octanol–water partition coefficient (Wildman–Crippen LogP) is 2.95. The summed E-state index contributed by atoms with van der Waals surface area (Å²) in [5, 5.41) is 8.35. The molecule has 0 amide bonds. The second-order valence-corrected chi connectivity index (χ2v) is 3.55. The highest BCUT2D eigenvalue weighted by atomic mass is 79.9. The first kappa shape index (κ1) is 11.5. The highest BCUT2D eigenvalue weighted by Crippen LogP contribution is 2.33. The van der Waals surface area contributed by atoms with Gasteiger partial charge in [0.1, 0.15) is 0 Å². The van der Waals surface area contributed by atoms with Crippen LogP contribution in [0.2, 0.25) is 0 Å². The van der Waals surface area contributed by atoms with Crippen LogP contribution in [0.3, 0.4) is 0 Å². The molecule has 14 heavy (non-hydrogen) atoms. The van der Waals surface area contributed by atoms with Gasteiger partial charge >= 0.3 is 6.18 Å². The van der Waals surface area contributed by atoms with Crippen LogP contribution in [-0.4, -0.2) is 5.21 Å². The second-order valence-electron chi connectivity index (χ2n) is 2.63. The highest BCUT2D eigenvalue weighted by molar-refractivity contribution is 9.10. The molecule has 6 heteroatoms. The van der Waals surface area contributed by atoms with Crippen LogP contribution < -0.4 is 5.48 Å². The fraction of sp³-hybridized carbons (Fsp3) is 0.250. The van der Waals surface area contributed by atoms with Crippen LogP contribution in [0.25, 0.3) is 0 Å². The molecule has 0 radical (unpaired) electrons. The number of halogens is 4. The van der Waals surface area contributed by atoms with E-state index in [9.17, 15) is 13.2 Å². The molecule has 0 saturated carbocycles. The van der Waals surface area contributed by atoms with Crippen molar-refractivity contribution >= 4 is 15.9 Å². The van der Waals surface area contributed by atoms with Crippen LogP contribution in [-0.2, 0) is 12.7 Å². The van der Waals surface area contributed by atoms with Crippen LogP contribution in [0.5, 0.6) is 0 Å². The molecule has 0 unspecified atom stereocenters. The van der Waals surface area contributed by atoms with Crippen molar-refractivity contribution in [1.29, 1.82) is 0 Å². The summed E-state index contributed by atoms with van der Waals surface area (Å²) in [7, 11) is 0. The molecule has 0 heterocycles. The van der Waals surface area contributed by atoms with Gasteiger partial charge in [0.15, 0.2) is 0 Å². The van der Waals surface area contributed by atoms with Gasteiger partial charge in [0.25, 0.3) is 0 Å². The number of rotatable bonds is 2. The number of hydrogen-bond acceptors (Lipinski definition) is 2. The van der Waals surface area contributed by atoms with E-state index in [4.69, 9.17) is 5.21 Å². The van der Waals surface area contributed by atoms with Gasteiger partial charge in [-0.15, -0.1) is 0 Å². The smallest absolute Gasteiger partial charge is 0.316 e. The quantitative estimate of drug-likeness (QED) is 0.810. The first-order valence-electron chi connectivity index (χ1n) is 3.67. The Hall–Kier alpha value is -0.590. The summed E-state index contributed by atoms with van der Waals surface area (Å²) in [5.41, 5.74) is 0.948. The minimum atomic E-state index is -4.41. The number of alkyl halides is 3. The molecule has 0 saturated heterocycles. The Morgan fingerprint density at radius 1 is 1.36 bits per heavy atom. The molecule has 1 aromatic rings. The molecule has 0 fully saturated rings. The Balaban J connectivity index is 3.16. The third kappa shape index (κ3) is 2.70. The number of benzene rings is 1. The molecular weight excluding hydrogens is 263 g/mol. The summed E-state index contributed by atoms with van der Waals surface area (Å²) < 4.78 is 37.6. The first-order valence-corrected chi connectivity index (χ1v) is 4.47. The third-order valence-corrected chi connectivity index (χ3v) is 2.14. The number of nitrogens with one attached hydrogen (secondary N) is 1. The minimum Gasteiger partial charge on any atom is -0.316 e. The van der Waals surface area contributed by atoms with Gasteiger partial charge in [-0.05, 0) is 17.7 Å². The monoisotopic (exact) mass is 269 g/mol. The summed E-state index contributed by atoms with van der Waals surface area (Å²) >= 11 is 2.96. The van der Waals surface area contributed by atoms with Crippen molar-refractivity contribution < 1.29 is 18.4 Å². The van der Waals surface area contributed by atoms with Crippen LogP contribution in [0.1, 0.15) is 11.1 Å². The fourth-order valence-corrected chi connectivity index (χ4v) is 1.41. The average molecular weight is 270 g/mol. The lowest BCUT2D eigenvalue weighted by Gasteiger charge is -2.12. The van der Waals surface area contributed by atoms with E-state index in [1.54, 1.807) is 5.48 Å². The van der Waals surface area contributed by atoms with Gasteiger partial charge < -0.3 is 5.21 Å². The second kappa shape index (κ2) is 4.29. The Morgan fingerprint density at radius 3 is 2.50 bits per heavy atom. The van der Waals surface area contributed by atoms with Crippen molar-refractivity contribution in [2.45, 2.75) is 12.7 Å². The van der Waals surface area contributed by atoms with Gasteiger partial charge in [-0.1, -0.05) is 22.0 Å². The zero-order valence-electron chi connectivity index (χ0n) is 6.90. The predicted molar refractivity (Wildman–Crippen MR) is 47.8 cm³/mol. The molecule has 0 aromatic heterocycles. The average Bonchev–Trinajstić information content (AvgIpc) is 2.07. The summed E-state index contributed by atoms with van der Waals surface area (Å²) in [5.74, 6) is 0. The molecule has 2 nitrogen and oxygen atoms in total. The Kier molecular flexibility index (Phi) is 3.52. The van der Waals surface area contributed by atoms with Crippen LogP contribution in [0.4, 0.5) is 13.2 Å². The van der Waals surface area contributed by atoms with Gasteiger partial charge in [0.05, 0.1) is 5.56 Å². The number of hydroxylamine groups is 1. The largest absolute Gasteiger partial charge is 0.416 e. The molecular formula is C8H7BrF3NO. The van der Waals surface area contributed by atoms with Crippen molar-refractivity contribution in [2.75, 3.05) is 0 Å². The van der Waals surface area contributed by atoms with Gasteiger partial charge in [0.2, 0.25) is 0 Å². The van der Waals surface area contributed by atoms with Crippen molar-refractivity contribution in [3.8, 4) is 0 Å². The Morgan fingerprint density at radius 2 is 2.00 bits per heavy atom. The maximum Gasteiger partial charge on any atom is 0.416 e. The van der Waals surface area contributed by atoms with Gasteiger partial charge in [-0.25, -0.2) is 5.48 Å². The molecule has 0 aliphatic heterocycles. The Bertz CT molecular complexity index is 327. The molecule has 0 spiro atoms. The molecule has 0 bridgehead atoms. The summed E-state index contributed by atoms with van der Waals surface area (Å²) in [6.07, 6.45) is -4.41. The fourth-order valence-electron chi connectivity index (χ4n) is 1.05. The first-order chi connectivity index (χ1) is 6.45. The van der Waals surface area contributed by atoms with Crippen molar-refractivity contribution in [1.82, 2.24) is 5.48 Å². The summed E-state index contributed by atoms with van der Waals surface area (Å²) in [4.78, 5) is 0. The van der Waals surface area contributed by atoms with E-state index in [0.717, 1.165) is 6.07 Å².